The van der Waals surface area contributed by atoms with Crippen LogP contribution in [-0.2, 0) is 4.74 Å². The molecule has 4 heteroatoms. The van der Waals surface area contributed by atoms with Gasteiger partial charge in [-0.1, -0.05) is 0 Å². The first-order valence-electron chi connectivity index (χ1n) is 7.15. The maximum Gasteiger partial charge on any atom is 0.342 e. The highest BCUT2D eigenvalue weighted by molar-refractivity contribution is 5.92. The Hall–Kier alpha value is -1.29. The summed E-state index contributed by atoms with van der Waals surface area (Å²) >= 11 is 0. The van der Waals surface area contributed by atoms with E-state index in [2.05, 4.69) is 33.0 Å². The number of aryl methyl sites for hydroxylation is 2. The Kier molecular flexibility index (Phi) is 3.71. The summed E-state index contributed by atoms with van der Waals surface area (Å²) in [5, 5.41) is 3.58. The molecular weight excluding hydrogens is 254 g/mol. The highest BCUT2D eigenvalue weighted by atomic mass is 16.5. The minimum Gasteiger partial charge on any atom is -0.468 e. The van der Waals surface area contributed by atoms with Crippen molar-refractivity contribution in [1.29, 1.82) is 0 Å². The number of hydrogen-bond donors (Lipinski definition) is 1. The Morgan fingerprint density at radius 3 is 2.25 bits per heavy atom. The molecule has 2 rings (SSSR count). The second-order valence-electron chi connectivity index (χ2n) is 7.18. The zero-order valence-electron chi connectivity index (χ0n) is 13.3. The van der Waals surface area contributed by atoms with Gasteiger partial charge in [-0.15, -0.1) is 0 Å². The van der Waals surface area contributed by atoms with Crippen molar-refractivity contribution >= 4 is 5.97 Å². The van der Waals surface area contributed by atoms with Gasteiger partial charge in [-0.3, -0.25) is 0 Å². The van der Waals surface area contributed by atoms with Gasteiger partial charge in [-0.05, 0) is 41.5 Å². The Balaban J connectivity index is 2.12. The Morgan fingerprint density at radius 1 is 1.25 bits per heavy atom. The molecule has 4 nitrogen and oxygen atoms in total. The van der Waals surface area contributed by atoms with Crippen LogP contribution in [0.15, 0.2) is 10.7 Å². The predicted octanol–water partition coefficient (Wildman–Crippen LogP) is 3.36. The molecule has 1 fully saturated rings. The van der Waals surface area contributed by atoms with Crippen LogP contribution in [0.1, 0.15) is 62.2 Å². The van der Waals surface area contributed by atoms with E-state index in [4.69, 9.17) is 9.15 Å². The van der Waals surface area contributed by atoms with Crippen LogP contribution in [0, 0.1) is 13.8 Å². The van der Waals surface area contributed by atoms with Crippen molar-refractivity contribution in [2.45, 2.75) is 71.6 Å². The summed E-state index contributed by atoms with van der Waals surface area (Å²) in [6.07, 6.45) is 3.17. The molecule has 1 aliphatic heterocycles. The summed E-state index contributed by atoms with van der Waals surface area (Å²) < 4.78 is 11.0. The number of nitrogens with one attached hydrogen (secondary N) is 1. The zero-order chi connectivity index (χ0) is 15.1. The molecule has 1 aliphatic rings. The van der Waals surface area contributed by atoms with Crippen molar-refractivity contribution in [3.63, 3.8) is 0 Å². The van der Waals surface area contributed by atoms with Crippen molar-refractivity contribution in [3.8, 4) is 0 Å². The monoisotopic (exact) mass is 279 g/mol. The summed E-state index contributed by atoms with van der Waals surface area (Å²) in [5.74, 6) is 0.354. The van der Waals surface area contributed by atoms with Crippen LogP contribution >= 0.6 is 0 Å². The maximum absolute atomic E-state index is 12.3. The molecule has 0 amide bonds. The van der Waals surface area contributed by atoms with E-state index in [9.17, 15) is 4.79 Å². The maximum atomic E-state index is 12.3. The lowest BCUT2D eigenvalue weighted by Gasteiger charge is -2.45. The third kappa shape index (κ3) is 3.23. The number of ether oxygens (including phenoxy) is 1. The number of carbonyl (C=O) groups is 1. The Labute approximate surface area is 120 Å². The van der Waals surface area contributed by atoms with E-state index in [0.717, 1.165) is 18.4 Å². The lowest BCUT2D eigenvalue weighted by molar-refractivity contribution is -0.00655. The van der Waals surface area contributed by atoms with Crippen LogP contribution < -0.4 is 5.32 Å². The molecule has 0 radical (unpaired) electrons. The van der Waals surface area contributed by atoms with E-state index in [1.165, 1.54) is 0 Å². The van der Waals surface area contributed by atoms with Gasteiger partial charge in [-0.25, -0.2) is 4.79 Å². The van der Waals surface area contributed by atoms with E-state index in [1.54, 1.807) is 13.2 Å². The first kappa shape index (κ1) is 15.1. The minimum atomic E-state index is -0.271. The topological polar surface area (TPSA) is 51.5 Å². The molecule has 0 unspecified atom stereocenters. The quantitative estimate of drug-likeness (QED) is 0.843. The highest BCUT2D eigenvalue weighted by Crippen LogP contribution is 2.31. The molecule has 1 aromatic rings. The molecule has 1 aromatic heterocycles. The van der Waals surface area contributed by atoms with E-state index in [0.29, 0.717) is 11.3 Å². The average Bonchev–Trinajstić information content (AvgIpc) is 2.53. The number of esters is 1. The summed E-state index contributed by atoms with van der Waals surface area (Å²) in [5.41, 5.74) is 1.33. The van der Waals surface area contributed by atoms with Crippen LogP contribution in [-0.4, -0.2) is 23.2 Å². The lowest BCUT2D eigenvalue weighted by atomic mass is 9.81. The van der Waals surface area contributed by atoms with Crippen LogP contribution in [0.25, 0.3) is 0 Å². The van der Waals surface area contributed by atoms with Crippen molar-refractivity contribution in [3.05, 3.63) is 23.2 Å². The van der Waals surface area contributed by atoms with Crippen LogP contribution in [0.3, 0.4) is 0 Å². The number of piperidine rings is 1. The second kappa shape index (κ2) is 4.92. The van der Waals surface area contributed by atoms with E-state index in [-0.39, 0.29) is 23.2 Å². The van der Waals surface area contributed by atoms with Gasteiger partial charge in [0.05, 0.1) is 6.26 Å². The minimum absolute atomic E-state index is 0.0345. The normalized spacial score (nSPS) is 21.7. The largest absolute Gasteiger partial charge is 0.468 e. The fraction of sp³-hybridized carbons (Fsp3) is 0.688. The number of rotatable bonds is 2. The van der Waals surface area contributed by atoms with Gasteiger partial charge >= 0.3 is 5.97 Å². The molecule has 20 heavy (non-hydrogen) atoms. The van der Waals surface area contributed by atoms with E-state index >= 15 is 0 Å². The average molecular weight is 279 g/mol. The van der Waals surface area contributed by atoms with Crippen molar-refractivity contribution in [1.82, 2.24) is 5.32 Å². The third-order valence-electron chi connectivity index (χ3n) is 3.79. The lowest BCUT2D eigenvalue weighted by Crippen LogP contribution is -2.59. The van der Waals surface area contributed by atoms with Crippen LogP contribution in [0.4, 0.5) is 0 Å². The van der Waals surface area contributed by atoms with E-state index < -0.39 is 0 Å². The second-order valence-corrected chi connectivity index (χ2v) is 7.18. The number of carbonyl (C=O) groups excluding carboxylic acids is 1. The number of furan rings is 1. The molecule has 0 bridgehead atoms. The summed E-state index contributed by atoms with van der Waals surface area (Å²) in [4.78, 5) is 12.3. The summed E-state index contributed by atoms with van der Waals surface area (Å²) in [6, 6.07) is 0. The van der Waals surface area contributed by atoms with Gasteiger partial charge in [-0.2, -0.15) is 0 Å². The fourth-order valence-electron chi connectivity index (χ4n) is 3.40. The Morgan fingerprint density at radius 2 is 1.80 bits per heavy atom. The highest BCUT2D eigenvalue weighted by Gasteiger charge is 2.39. The predicted molar refractivity (Wildman–Crippen MR) is 77.9 cm³/mol. The van der Waals surface area contributed by atoms with Crippen LogP contribution in [0.2, 0.25) is 0 Å². The molecule has 0 aliphatic carbocycles. The van der Waals surface area contributed by atoms with Crippen LogP contribution in [0.5, 0.6) is 0 Å². The smallest absolute Gasteiger partial charge is 0.342 e. The van der Waals surface area contributed by atoms with Gasteiger partial charge in [0.15, 0.2) is 0 Å². The van der Waals surface area contributed by atoms with Gasteiger partial charge in [0.2, 0.25) is 0 Å². The first-order chi connectivity index (χ1) is 9.10. The molecule has 1 N–H and O–H groups in total. The van der Waals surface area contributed by atoms with Crippen molar-refractivity contribution in [2.24, 2.45) is 0 Å². The fourth-order valence-corrected chi connectivity index (χ4v) is 3.40. The number of hydrogen-bond acceptors (Lipinski definition) is 4. The standard InChI is InChI=1S/C16H25NO3/c1-10-9-19-11(2)13(10)14(18)20-12-7-15(3,4)17-16(5,6)8-12/h9,12,17H,7-8H2,1-6H3. The van der Waals surface area contributed by atoms with Gasteiger partial charge in [0.1, 0.15) is 17.4 Å². The Bertz CT molecular complexity index is 478. The van der Waals surface area contributed by atoms with E-state index in [1.807, 2.05) is 6.92 Å². The summed E-state index contributed by atoms with van der Waals surface area (Å²) in [7, 11) is 0. The van der Waals surface area contributed by atoms with Gasteiger partial charge in [0.25, 0.3) is 0 Å². The molecule has 1 saturated heterocycles. The molecule has 112 valence electrons. The third-order valence-corrected chi connectivity index (χ3v) is 3.79. The molecule has 0 spiro atoms. The molecular formula is C16H25NO3. The zero-order valence-corrected chi connectivity index (χ0v) is 13.3. The molecule has 0 saturated carbocycles. The van der Waals surface area contributed by atoms with Gasteiger partial charge < -0.3 is 14.5 Å². The molecule has 0 atom stereocenters. The molecule has 2 heterocycles. The SMILES string of the molecule is Cc1coc(C)c1C(=O)OC1CC(C)(C)NC(C)(C)C1. The first-order valence-corrected chi connectivity index (χ1v) is 7.15. The van der Waals surface area contributed by atoms with Crippen molar-refractivity contribution < 1.29 is 13.9 Å². The summed E-state index contributed by atoms with van der Waals surface area (Å²) in [6.45, 7) is 12.2. The van der Waals surface area contributed by atoms with Gasteiger partial charge in [0, 0.05) is 29.5 Å². The molecule has 0 aromatic carbocycles. The van der Waals surface area contributed by atoms with Crippen molar-refractivity contribution in [2.75, 3.05) is 0 Å².